The number of ether oxygens (including phenoxy) is 1. The van der Waals surface area contributed by atoms with E-state index in [0.29, 0.717) is 18.9 Å². The van der Waals surface area contributed by atoms with Crippen LogP contribution in [0.2, 0.25) is 0 Å². The molecule has 0 radical (unpaired) electrons. The summed E-state index contributed by atoms with van der Waals surface area (Å²) in [5.41, 5.74) is 4.80. The fourth-order valence-electron chi connectivity index (χ4n) is 1.47. The quantitative estimate of drug-likeness (QED) is 0.692. The first-order valence-electron chi connectivity index (χ1n) is 5.97. The van der Waals surface area contributed by atoms with E-state index in [4.69, 9.17) is 10.5 Å². The smallest absolute Gasteiger partial charge is 0.252 e. The first-order valence-corrected chi connectivity index (χ1v) is 5.97. The summed E-state index contributed by atoms with van der Waals surface area (Å²) in [4.78, 5) is 12.0. The number of methoxy groups -OCH3 is 1. The summed E-state index contributed by atoms with van der Waals surface area (Å²) in [6, 6.07) is 0.124. The molecule has 0 spiro atoms. The minimum Gasteiger partial charge on any atom is -0.369 e. The van der Waals surface area contributed by atoms with Gasteiger partial charge in [0.25, 0.3) is 5.91 Å². The highest BCUT2D eigenvalue weighted by atomic mass is 16.5. The third kappa shape index (κ3) is 4.10. The number of rotatable bonds is 7. The number of carbonyl (C=O) groups excluding carboxylic acids is 1. The van der Waals surface area contributed by atoms with Crippen LogP contribution in [0.15, 0.2) is 0 Å². The zero-order chi connectivity index (χ0) is 12.8. The lowest BCUT2D eigenvalue weighted by molar-refractivity contribution is -0.143. The predicted octanol–water partition coefficient (Wildman–Crippen LogP) is 1.29. The molecule has 0 rings (SSSR count). The van der Waals surface area contributed by atoms with Gasteiger partial charge in [-0.05, 0) is 32.2 Å². The Morgan fingerprint density at radius 1 is 1.50 bits per heavy atom. The third-order valence-electron chi connectivity index (χ3n) is 3.20. The fourth-order valence-corrected chi connectivity index (χ4v) is 1.47. The van der Waals surface area contributed by atoms with E-state index in [9.17, 15) is 4.79 Å². The molecule has 2 unspecified atom stereocenters. The van der Waals surface area contributed by atoms with Crippen molar-refractivity contribution in [1.29, 1.82) is 0 Å². The maximum atomic E-state index is 12.0. The van der Waals surface area contributed by atoms with Crippen molar-refractivity contribution in [2.45, 2.75) is 52.2 Å². The van der Waals surface area contributed by atoms with Crippen LogP contribution in [0.5, 0.6) is 0 Å². The molecule has 0 saturated heterocycles. The van der Waals surface area contributed by atoms with Crippen molar-refractivity contribution in [3.05, 3.63) is 0 Å². The Hall–Kier alpha value is -0.610. The van der Waals surface area contributed by atoms with Crippen LogP contribution in [-0.4, -0.2) is 31.2 Å². The van der Waals surface area contributed by atoms with E-state index < -0.39 is 5.60 Å². The van der Waals surface area contributed by atoms with Crippen LogP contribution in [0.4, 0.5) is 0 Å². The largest absolute Gasteiger partial charge is 0.369 e. The summed E-state index contributed by atoms with van der Waals surface area (Å²) in [5, 5.41) is 3.02. The van der Waals surface area contributed by atoms with Crippen molar-refractivity contribution in [3.8, 4) is 0 Å². The minimum absolute atomic E-state index is 0.0513. The van der Waals surface area contributed by atoms with Gasteiger partial charge in [-0.2, -0.15) is 0 Å². The Bertz CT molecular complexity index is 213. The molecule has 0 fully saturated rings. The van der Waals surface area contributed by atoms with E-state index in [0.717, 1.165) is 6.42 Å². The van der Waals surface area contributed by atoms with Crippen LogP contribution in [0.25, 0.3) is 0 Å². The van der Waals surface area contributed by atoms with E-state index in [1.807, 2.05) is 13.8 Å². The van der Waals surface area contributed by atoms with E-state index in [-0.39, 0.29) is 11.9 Å². The van der Waals surface area contributed by atoms with Gasteiger partial charge < -0.3 is 15.8 Å². The molecule has 2 atom stereocenters. The summed E-state index contributed by atoms with van der Waals surface area (Å²) >= 11 is 0. The van der Waals surface area contributed by atoms with Gasteiger partial charge in [0.15, 0.2) is 0 Å². The Kier molecular flexibility index (Phi) is 6.60. The van der Waals surface area contributed by atoms with Gasteiger partial charge in [0.2, 0.25) is 0 Å². The molecule has 0 bridgehead atoms. The molecule has 0 aromatic heterocycles. The van der Waals surface area contributed by atoms with Crippen LogP contribution < -0.4 is 11.1 Å². The summed E-state index contributed by atoms with van der Waals surface area (Å²) < 4.78 is 5.26. The van der Waals surface area contributed by atoms with Crippen molar-refractivity contribution in [1.82, 2.24) is 5.32 Å². The monoisotopic (exact) mass is 230 g/mol. The van der Waals surface area contributed by atoms with Crippen LogP contribution >= 0.6 is 0 Å². The van der Waals surface area contributed by atoms with E-state index >= 15 is 0 Å². The molecule has 96 valence electrons. The van der Waals surface area contributed by atoms with Gasteiger partial charge in [-0.1, -0.05) is 20.8 Å². The Morgan fingerprint density at radius 3 is 2.38 bits per heavy atom. The lowest BCUT2D eigenvalue weighted by atomic mass is 9.97. The van der Waals surface area contributed by atoms with Gasteiger partial charge in [0, 0.05) is 13.2 Å². The normalized spacial score (nSPS) is 16.9. The fraction of sp³-hybridized carbons (Fsp3) is 0.917. The first-order chi connectivity index (χ1) is 7.41. The number of nitrogens with one attached hydrogen (secondary N) is 1. The van der Waals surface area contributed by atoms with Gasteiger partial charge in [-0.15, -0.1) is 0 Å². The van der Waals surface area contributed by atoms with Gasteiger partial charge >= 0.3 is 0 Å². The zero-order valence-corrected chi connectivity index (χ0v) is 11.2. The lowest BCUT2D eigenvalue weighted by Gasteiger charge is -2.30. The topological polar surface area (TPSA) is 64.3 Å². The molecule has 0 aliphatic carbocycles. The van der Waals surface area contributed by atoms with Crippen LogP contribution in [0, 0.1) is 5.92 Å². The SMILES string of the molecule is CCC(C)(OC)C(=O)NC(CCN)C(C)C. The second-order valence-corrected chi connectivity index (χ2v) is 4.69. The molecule has 0 aromatic carbocycles. The summed E-state index contributed by atoms with van der Waals surface area (Å²) in [5.74, 6) is 0.329. The second kappa shape index (κ2) is 6.86. The predicted molar refractivity (Wildman–Crippen MR) is 66.1 cm³/mol. The van der Waals surface area contributed by atoms with Gasteiger partial charge in [0.05, 0.1) is 0 Å². The standard InChI is InChI=1S/C12H26N2O2/c1-6-12(4,16-5)11(15)14-10(7-8-13)9(2)3/h9-10H,6-8,13H2,1-5H3,(H,14,15). The lowest BCUT2D eigenvalue weighted by Crippen LogP contribution is -2.51. The van der Waals surface area contributed by atoms with E-state index in [2.05, 4.69) is 19.2 Å². The Balaban J connectivity index is 4.50. The molecular formula is C12H26N2O2. The van der Waals surface area contributed by atoms with E-state index in [1.165, 1.54) is 0 Å². The van der Waals surface area contributed by atoms with Gasteiger partial charge in [-0.3, -0.25) is 4.79 Å². The van der Waals surface area contributed by atoms with Crippen LogP contribution in [-0.2, 0) is 9.53 Å². The van der Waals surface area contributed by atoms with Crippen molar-refractivity contribution in [2.75, 3.05) is 13.7 Å². The number of hydrogen-bond acceptors (Lipinski definition) is 3. The average molecular weight is 230 g/mol. The molecular weight excluding hydrogens is 204 g/mol. The molecule has 3 N–H and O–H groups in total. The first kappa shape index (κ1) is 15.4. The molecule has 0 heterocycles. The second-order valence-electron chi connectivity index (χ2n) is 4.69. The molecule has 0 aliphatic heterocycles. The number of amides is 1. The number of nitrogens with two attached hydrogens (primary N) is 1. The Labute approximate surface area is 98.9 Å². The number of hydrogen-bond donors (Lipinski definition) is 2. The summed E-state index contributed by atoms with van der Waals surface area (Å²) in [7, 11) is 1.57. The van der Waals surface area contributed by atoms with Crippen LogP contribution in [0.3, 0.4) is 0 Å². The molecule has 16 heavy (non-hydrogen) atoms. The highest BCUT2D eigenvalue weighted by Crippen LogP contribution is 2.15. The number of carbonyl (C=O) groups is 1. The minimum atomic E-state index is -0.734. The summed E-state index contributed by atoms with van der Waals surface area (Å²) in [6.07, 6.45) is 1.45. The summed E-state index contributed by atoms with van der Waals surface area (Å²) in [6.45, 7) is 8.49. The zero-order valence-electron chi connectivity index (χ0n) is 11.2. The average Bonchev–Trinajstić information content (AvgIpc) is 2.26. The van der Waals surface area contributed by atoms with Gasteiger partial charge in [0.1, 0.15) is 5.60 Å². The molecule has 4 heteroatoms. The van der Waals surface area contributed by atoms with Crippen molar-refractivity contribution >= 4 is 5.91 Å². The highest BCUT2D eigenvalue weighted by molar-refractivity contribution is 5.84. The van der Waals surface area contributed by atoms with Crippen molar-refractivity contribution in [2.24, 2.45) is 11.7 Å². The highest BCUT2D eigenvalue weighted by Gasteiger charge is 2.32. The van der Waals surface area contributed by atoms with Gasteiger partial charge in [-0.25, -0.2) is 0 Å². The molecule has 4 nitrogen and oxygen atoms in total. The molecule has 0 aromatic rings. The van der Waals surface area contributed by atoms with E-state index in [1.54, 1.807) is 7.11 Å². The van der Waals surface area contributed by atoms with Crippen molar-refractivity contribution < 1.29 is 9.53 Å². The molecule has 1 amide bonds. The molecule has 0 saturated carbocycles. The third-order valence-corrected chi connectivity index (χ3v) is 3.20. The van der Waals surface area contributed by atoms with Crippen LogP contribution in [0.1, 0.15) is 40.5 Å². The maximum Gasteiger partial charge on any atom is 0.252 e. The maximum absolute atomic E-state index is 12.0. The van der Waals surface area contributed by atoms with Crippen molar-refractivity contribution in [3.63, 3.8) is 0 Å². The molecule has 0 aliphatic rings. The Morgan fingerprint density at radius 2 is 2.06 bits per heavy atom.